The highest BCUT2D eigenvalue weighted by Gasteiger charge is 2.32. The Balaban J connectivity index is 1.86. The lowest BCUT2D eigenvalue weighted by atomic mass is 9.75. The van der Waals surface area contributed by atoms with Crippen LogP contribution in [0.1, 0.15) is 12.0 Å². The molecule has 1 saturated heterocycles. The lowest BCUT2D eigenvalue weighted by Crippen LogP contribution is -2.49. The first-order valence-electron chi connectivity index (χ1n) is 7.32. The third-order valence-electron chi connectivity index (χ3n) is 4.28. The fourth-order valence-corrected chi connectivity index (χ4v) is 3.26. The number of nitrogens with zero attached hydrogens (tertiary/aromatic N) is 1. The predicted octanol–water partition coefficient (Wildman–Crippen LogP) is 3.00. The Bertz CT molecular complexity index is 500. The largest absolute Gasteiger partial charge is 0.314 e. The lowest BCUT2D eigenvalue weighted by molar-refractivity contribution is 0.204. The summed E-state index contributed by atoms with van der Waals surface area (Å²) in [6, 6.07) is 8.35. The number of nitrogens with one attached hydrogen (secondary N) is 1. The number of rotatable bonds is 3. The molecule has 3 rings (SSSR count). The van der Waals surface area contributed by atoms with Gasteiger partial charge in [-0.2, -0.15) is 0 Å². The molecule has 1 aliphatic carbocycles. The van der Waals surface area contributed by atoms with Crippen molar-refractivity contribution < 1.29 is 0 Å². The summed E-state index contributed by atoms with van der Waals surface area (Å²) in [6.07, 6.45) is 10.0. The molecule has 0 bridgehead atoms. The summed E-state index contributed by atoms with van der Waals surface area (Å²) >= 11 is 6.04. The molecule has 1 aliphatic heterocycles. The first-order chi connectivity index (χ1) is 9.78. The number of allylic oxidation sites excluding steroid dienone is 3. The van der Waals surface area contributed by atoms with Gasteiger partial charge in [-0.25, -0.2) is 0 Å². The molecule has 1 fully saturated rings. The van der Waals surface area contributed by atoms with E-state index in [1.165, 1.54) is 5.56 Å². The SMILES string of the molecule is Clc1ccc([C@@]2(CN3CCNCC3)C=CC=CC2)cc1. The normalized spacial score (nSPS) is 26.9. The topological polar surface area (TPSA) is 15.3 Å². The van der Waals surface area contributed by atoms with Crippen molar-refractivity contribution in [3.63, 3.8) is 0 Å². The van der Waals surface area contributed by atoms with Crippen molar-refractivity contribution in [2.45, 2.75) is 11.8 Å². The molecular weight excluding hydrogens is 268 g/mol. The minimum atomic E-state index is 0.0939. The molecule has 0 unspecified atom stereocenters. The zero-order valence-electron chi connectivity index (χ0n) is 11.7. The molecule has 20 heavy (non-hydrogen) atoms. The van der Waals surface area contributed by atoms with Crippen molar-refractivity contribution in [1.29, 1.82) is 0 Å². The lowest BCUT2D eigenvalue weighted by Gasteiger charge is -2.39. The zero-order chi connectivity index (χ0) is 13.8. The standard InChI is InChI=1S/C17H21ClN2/c18-16-6-4-15(5-7-16)17(8-2-1-3-9-17)14-20-12-10-19-11-13-20/h1-8,19H,9-14H2/t17-/m0/s1. The molecule has 1 N–H and O–H groups in total. The van der Waals surface area contributed by atoms with Gasteiger partial charge in [0.15, 0.2) is 0 Å². The Labute approximate surface area is 126 Å². The third kappa shape index (κ3) is 2.98. The van der Waals surface area contributed by atoms with E-state index >= 15 is 0 Å². The minimum Gasteiger partial charge on any atom is -0.314 e. The number of hydrogen-bond donors (Lipinski definition) is 1. The second-order valence-corrected chi connectivity index (χ2v) is 6.12. The smallest absolute Gasteiger partial charge is 0.0406 e. The van der Waals surface area contributed by atoms with E-state index in [0.717, 1.165) is 44.2 Å². The van der Waals surface area contributed by atoms with Gasteiger partial charge in [0.1, 0.15) is 0 Å². The zero-order valence-corrected chi connectivity index (χ0v) is 12.4. The number of benzene rings is 1. The first kappa shape index (κ1) is 13.9. The summed E-state index contributed by atoms with van der Waals surface area (Å²) in [4.78, 5) is 2.56. The molecule has 1 aromatic rings. The van der Waals surface area contributed by atoms with E-state index in [-0.39, 0.29) is 5.41 Å². The molecule has 106 valence electrons. The van der Waals surface area contributed by atoms with Crippen LogP contribution in [0.15, 0.2) is 48.6 Å². The Morgan fingerprint density at radius 1 is 1.10 bits per heavy atom. The molecule has 1 atom stereocenters. The Hall–Kier alpha value is -1.09. The van der Waals surface area contributed by atoms with E-state index < -0.39 is 0 Å². The van der Waals surface area contributed by atoms with Gasteiger partial charge in [0.05, 0.1) is 0 Å². The Morgan fingerprint density at radius 2 is 1.85 bits per heavy atom. The van der Waals surface area contributed by atoms with Crippen LogP contribution in [0.2, 0.25) is 5.02 Å². The minimum absolute atomic E-state index is 0.0939. The maximum absolute atomic E-state index is 6.04. The molecule has 1 heterocycles. The first-order valence-corrected chi connectivity index (χ1v) is 7.70. The van der Waals surface area contributed by atoms with Crippen molar-refractivity contribution in [3.05, 3.63) is 59.2 Å². The molecule has 0 saturated carbocycles. The van der Waals surface area contributed by atoms with Gasteiger partial charge in [-0.15, -0.1) is 0 Å². The van der Waals surface area contributed by atoms with Crippen LogP contribution in [-0.2, 0) is 5.41 Å². The average Bonchev–Trinajstić information content (AvgIpc) is 2.50. The molecule has 0 amide bonds. The summed E-state index contributed by atoms with van der Waals surface area (Å²) in [5.41, 5.74) is 1.46. The van der Waals surface area contributed by atoms with Gasteiger partial charge >= 0.3 is 0 Å². The second-order valence-electron chi connectivity index (χ2n) is 5.68. The molecule has 0 radical (unpaired) electrons. The highest BCUT2D eigenvalue weighted by molar-refractivity contribution is 6.30. The van der Waals surface area contributed by atoms with Gasteiger partial charge in [-0.3, -0.25) is 4.90 Å². The number of halogens is 1. The maximum Gasteiger partial charge on any atom is 0.0406 e. The molecule has 0 aromatic heterocycles. The fourth-order valence-electron chi connectivity index (χ4n) is 3.14. The van der Waals surface area contributed by atoms with E-state index in [9.17, 15) is 0 Å². The Kier molecular flexibility index (Phi) is 4.25. The van der Waals surface area contributed by atoms with E-state index in [2.05, 4.69) is 46.7 Å². The summed E-state index contributed by atoms with van der Waals surface area (Å²) in [7, 11) is 0. The highest BCUT2D eigenvalue weighted by atomic mass is 35.5. The van der Waals surface area contributed by atoms with Crippen molar-refractivity contribution in [2.75, 3.05) is 32.7 Å². The van der Waals surface area contributed by atoms with Crippen molar-refractivity contribution in [1.82, 2.24) is 10.2 Å². The van der Waals surface area contributed by atoms with Crippen LogP contribution in [0.5, 0.6) is 0 Å². The van der Waals surface area contributed by atoms with Gasteiger partial charge < -0.3 is 5.32 Å². The van der Waals surface area contributed by atoms with Crippen LogP contribution in [0.3, 0.4) is 0 Å². The quantitative estimate of drug-likeness (QED) is 0.920. The van der Waals surface area contributed by atoms with Crippen molar-refractivity contribution in [2.24, 2.45) is 0 Å². The van der Waals surface area contributed by atoms with Crippen LogP contribution >= 0.6 is 11.6 Å². The summed E-state index contributed by atoms with van der Waals surface area (Å²) < 4.78 is 0. The molecule has 2 aliphatic rings. The van der Waals surface area contributed by atoms with Crippen LogP contribution in [0.4, 0.5) is 0 Å². The second kappa shape index (κ2) is 6.13. The molecular formula is C17H21ClN2. The number of piperazine rings is 1. The summed E-state index contributed by atoms with van der Waals surface area (Å²) in [5, 5.41) is 4.23. The van der Waals surface area contributed by atoms with Crippen LogP contribution in [0.25, 0.3) is 0 Å². The summed E-state index contributed by atoms with van der Waals surface area (Å²) in [6.45, 7) is 5.53. The monoisotopic (exact) mass is 288 g/mol. The molecule has 0 spiro atoms. The highest BCUT2D eigenvalue weighted by Crippen LogP contribution is 2.34. The van der Waals surface area contributed by atoms with Crippen LogP contribution in [0, 0.1) is 0 Å². The van der Waals surface area contributed by atoms with Gasteiger partial charge in [0.2, 0.25) is 0 Å². The van der Waals surface area contributed by atoms with E-state index in [0.29, 0.717) is 0 Å². The van der Waals surface area contributed by atoms with Gasteiger partial charge in [-0.05, 0) is 24.1 Å². The molecule has 2 nitrogen and oxygen atoms in total. The Morgan fingerprint density at radius 3 is 2.50 bits per heavy atom. The summed E-state index contributed by atoms with van der Waals surface area (Å²) in [5.74, 6) is 0. The van der Waals surface area contributed by atoms with Crippen LogP contribution in [-0.4, -0.2) is 37.6 Å². The van der Waals surface area contributed by atoms with Crippen molar-refractivity contribution in [3.8, 4) is 0 Å². The van der Waals surface area contributed by atoms with E-state index in [1.54, 1.807) is 0 Å². The average molecular weight is 289 g/mol. The van der Waals surface area contributed by atoms with Gasteiger partial charge in [-0.1, -0.05) is 48.0 Å². The van der Waals surface area contributed by atoms with Gasteiger partial charge in [0.25, 0.3) is 0 Å². The third-order valence-corrected chi connectivity index (χ3v) is 4.53. The van der Waals surface area contributed by atoms with E-state index in [1.807, 2.05) is 12.1 Å². The van der Waals surface area contributed by atoms with E-state index in [4.69, 9.17) is 11.6 Å². The van der Waals surface area contributed by atoms with Crippen molar-refractivity contribution >= 4 is 11.6 Å². The predicted molar refractivity (Wildman–Crippen MR) is 85.3 cm³/mol. The molecule has 3 heteroatoms. The fraction of sp³-hybridized carbons (Fsp3) is 0.412. The number of hydrogen-bond acceptors (Lipinski definition) is 2. The maximum atomic E-state index is 6.04. The van der Waals surface area contributed by atoms with Crippen LogP contribution < -0.4 is 5.32 Å². The molecule has 1 aromatic carbocycles. The van der Waals surface area contributed by atoms with Gasteiger partial charge in [0, 0.05) is 43.2 Å².